The van der Waals surface area contributed by atoms with Crippen LogP contribution in [-0.2, 0) is 4.74 Å². The van der Waals surface area contributed by atoms with Gasteiger partial charge in [-0.15, -0.1) is 0 Å². The van der Waals surface area contributed by atoms with Crippen LogP contribution in [0.3, 0.4) is 0 Å². The van der Waals surface area contributed by atoms with Crippen LogP contribution in [0.1, 0.15) is 40.2 Å². The highest BCUT2D eigenvalue weighted by molar-refractivity contribution is 5.80. The van der Waals surface area contributed by atoms with Crippen molar-refractivity contribution in [2.45, 2.75) is 45.8 Å². The summed E-state index contributed by atoms with van der Waals surface area (Å²) in [6.07, 6.45) is 7.06. The first-order chi connectivity index (χ1) is 13.0. The maximum Gasteiger partial charge on any atom is 0.194 e. The van der Waals surface area contributed by atoms with E-state index in [9.17, 15) is 0 Å². The molecule has 27 heavy (non-hydrogen) atoms. The monoisotopic (exact) mass is 376 g/mol. The summed E-state index contributed by atoms with van der Waals surface area (Å²) in [5, 5.41) is 3.49. The number of ether oxygens (including phenoxy) is 1. The number of hydrogen-bond acceptors (Lipinski definition) is 4. The number of nitrogens with one attached hydrogen (secondary N) is 1. The first kappa shape index (κ1) is 20.1. The van der Waals surface area contributed by atoms with Crippen LogP contribution in [0.25, 0.3) is 0 Å². The van der Waals surface area contributed by atoms with Crippen molar-refractivity contribution in [2.24, 2.45) is 10.9 Å². The third kappa shape index (κ3) is 5.45. The van der Waals surface area contributed by atoms with Crippen molar-refractivity contribution in [3.8, 4) is 0 Å². The van der Waals surface area contributed by atoms with Crippen LogP contribution in [0, 0.1) is 5.92 Å². The lowest BCUT2D eigenvalue weighted by Crippen LogP contribution is -2.50. The highest BCUT2D eigenvalue weighted by atomic mass is 16.5. The minimum absolute atomic E-state index is 0.0481. The van der Waals surface area contributed by atoms with E-state index < -0.39 is 0 Å². The van der Waals surface area contributed by atoms with Crippen molar-refractivity contribution in [2.75, 3.05) is 52.4 Å². The molecule has 0 saturated carbocycles. The van der Waals surface area contributed by atoms with Gasteiger partial charge in [0.05, 0.1) is 31.1 Å². The molecule has 7 nitrogen and oxygen atoms in total. The summed E-state index contributed by atoms with van der Waals surface area (Å²) in [6.45, 7) is 16.3. The average molecular weight is 377 g/mol. The molecular weight excluding hydrogens is 340 g/mol. The van der Waals surface area contributed by atoms with Crippen LogP contribution in [0.2, 0.25) is 0 Å². The SMILES string of the molecule is CCNC(=NCCN1CCOC(C)(C)C1)N1CCC(C)C(n2ccnc2)C1. The molecule has 2 saturated heterocycles. The van der Waals surface area contributed by atoms with Gasteiger partial charge >= 0.3 is 0 Å². The molecule has 2 aliphatic rings. The van der Waals surface area contributed by atoms with Crippen LogP contribution >= 0.6 is 0 Å². The molecule has 0 aliphatic carbocycles. The number of aromatic nitrogens is 2. The van der Waals surface area contributed by atoms with E-state index in [4.69, 9.17) is 9.73 Å². The number of nitrogens with zero attached hydrogens (tertiary/aromatic N) is 5. The minimum Gasteiger partial charge on any atom is -0.373 e. The van der Waals surface area contributed by atoms with Gasteiger partial charge in [0, 0.05) is 51.7 Å². The van der Waals surface area contributed by atoms with Gasteiger partial charge in [-0.25, -0.2) is 4.98 Å². The van der Waals surface area contributed by atoms with Crippen molar-refractivity contribution >= 4 is 5.96 Å². The predicted molar refractivity (Wildman–Crippen MR) is 109 cm³/mol. The van der Waals surface area contributed by atoms with E-state index in [1.54, 1.807) is 0 Å². The molecule has 3 heterocycles. The number of morpholine rings is 1. The molecule has 1 aromatic heterocycles. The third-order valence-electron chi connectivity index (χ3n) is 5.64. The Bertz CT molecular complexity index is 600. The average Bonchev–Trinajstić information content (AvgIpc) is 3.15. The Morgan fingerprint density at radius 1 is 1.37 bits per heavy atom. The van der Waals surface area contributed by atoms with Gasteiger partial charge in [-0.1, -0.05) is 6.92 Å². The lowest BCUT2D eigenvalue weighted by Gasteiger charge is -2.39. The Morgan fingerprint density at radius 3 is 2.93 bits per heavy atom. The van der Waals surface area contributed by atoms with Crippen molar-refractivity contribution < 1.29 is 4.74 Å². The van der Waals surface area contributed by atoms with Crippen molar-refractivity contribution in [3.05, 3.63) is 18.7 Å². The zero-order valence-electron chi connectivity index (χ0n) is 17.4. The van der Waals surface area contributed by atoms with E-state index in [-0.39, 0.29) is 5.60 Å². The Balaban J connectivity index is 1.59. The molecule has 0 amide bonds. The van der Waals surface area contributed by atoms with E-state index in [0.717, 1.165) is 58.4 Å². The van der Waals surface area contributed by atoms with E-state index in [0.29, 0.717) is 12.0 Å². The smallest absolute Gasteiger partial charge is 0.194 e. The number of likely N-dealkylation sites (tertiary alicyclic amines) is 1. The zero-order chi connectivity index (χ0) is 19.3. The van der Waals surface area contributed by atoms with Gasteiger partial charge < -0.3 is 19.5 Å². The van der Waals surface area contributed by atoms with Gasteiger partial charge in [-0.3, -0.25) is 9.89 Å². The third-order valence-corrected chi connectivity index (χ3v) is 5.64. The van der Waals surface area contributed by atoms with E-state index in [1.807, 2.05) is 12.5 Å². The largest absolute Gasteiger partial charge is 0.373 e. The molecule has 2 unspecified atom stereocenters. The second kappa shape index (κ2) is 9.06. The van der Waals surface area contributed by atoms with Crippen LogP contribution in [0.5, 0.6) is 0 Å². The van der Waals surface area contributed by atoms with E-state index in [2.05, 4.69) is 58.6 Å². The summed E-state index contributed by atoms with van der Waals surface area (Å²) in [5.74, 6) is 1.69. The number of guanidine groups is 1. The van der Waals surface area contributed by atoms with Gasteiger partial charge in [0.15, 0.2) is 5.96 Å². The molecule has 0 radical (unpaired) electrons. The van der Waals surface area contributed by atoms with Gasteiger partial charge in [-0.2, -0.15) is 0 Å². The fraction of sp³-hybridized carbons (Fsp3) is 0.800. The molecule has 1 aromatic rings. The first-order valence-corrected chi connectivity index (χ1v) is 10.4. The molecular formula is C20H36N6O. The molecule has 2 atom stereocenters. The number of piperidine rings is 1. The van der Waals surface area contributed by atoms with Crippen molar-refractivity contribution in [1.29, 1.82) is 0 Å². The quantitative estimate of drug-likeness (QED) is 0.628. The first-order valence-electron chi connectivity index (χ1n) is 10.4. The summed E-state index contributed by atoms with van der Waals surface area (Å²) in [7, 11) is 0. The highest BCUT2D eigenvalue weighted by Crippen LogP contribution is 2.27. The number of aliphatic imine (C=N–C) groups is 1. The summed E-state index contributed by atoms with van der Waals surface area (Å²) in [4.78, 5) is 14.1. The van der Waals surface area contributed by atoms with Crippen molar-refractivity contribution in [1.82, 2.24) is 24.7 Å². The Hall–Kier alpha value is -1.60. The fourth-order valence-corrected chi connectivity index (χ4v) is 4.12. The molecule has 2 aliphatic heterocycles. The number of imidazole rings is 1. The Kier molecular flexibility index (Phi) is 6.76. The van der Waals surface area contributed by atoms with Gasteiger partial charge in [0.2, 0.25) is 0 Å². The molecule has 0 aromatic carbocycles. The maximum absolute atomic E-state index is 5.81. The lowest BCUT2D eigenvalue weighted by atomic mass is 9.93. The molecule has 152 valence electrons. The van der Waals surface area contributed by atoms with Gasteiger partial charge in [0.25, 0.3) is 0 Å². The van der Waals surface area contributed by atoms with E-state index in [1.165, 1.54) is 6.42 Å². The molecule has 3 rings (SSSR count). The number of hydrogen-bond donors (Lipinski definition) is 1. The maximum atomic E-state index is 5.81. The van der Waals surface area contributed by atoms with Gasteiger partial charge in [0.1, 0.15) is 0 Å². The minimum atomic E-state index is -0.0481. The van der Waals surface area contributed by atoms with Crippen LogP contribution in [-0.4, -0.2) is 83.3 Å². The summed E-state index contributed by atoms with van der Waals surface area (Å²) in [5.41, 5.74) is -0.0481. The Morgan fingerprint density at radius 2 is 2.22 bits per heavy atom. The van der Waals surface area contributed by atoms with Crippen LogP contribution in [0.15, 0.2) is 23.7 Å². The van der Waals surface area contributed by atoms with Crippen molar-refractivity contribution in [3.63, 3.8) is 0 Å². The summed E-state index contributed by atoms with van der Waals surface area (Å²) >= 11 is 0. The second-order valence-electron chi connectivity index (χ2n) is 8.41. The molecule has 2 fully saturated rings. The molecule has 1 N–H and O–H groups in total. The lowest BCUT2D eigenvalue weighted by molar-refractivity contribution is -0.0850. The predicted octanol–water partition coefficient (Wildman–Crippen LogP) is 1.84. The van der Waals surface area contributed by atoms with Crippen LogP contribution in [0.4, 0.5) is 0 Å². The normalized spacial score (nSPS) is 27.0. The number of rotatable bonds is 5. The molecule has 0 spiro atoms. The zero-order valence-corrected chi connectivity index (χ0v) is 17.4. The Labute approximate surface area is 163 Å². The van der Waals surface area contributed by atoms with Crippen LogP contribution < -0.4 is 5.32 Å². The topological polar surface area (TPSA) is 57.9 Å². The highest BCUT2D eigenvalue weighted by Gasteiger charge is 2.29. The molecule has 7 heteroatoms. The summed E-state index contributed by atoms with van der Waals surface area (Å²) in [6, 6.07) is 0.449. The van der Waals surface area contributed by atoms with Gasteiger partial charge in [-0.05, 0) is 33.1 Å². The summed E-state index contributed by atoms with van der Waals surface area (Å²) < 4.78 is 8.05. The van der Waals surface area contributed by atoms with E-state index >= 15 is 0 Å². The second-order valence-corrected chi connectivity index (χ2v) is 8.41. The fourth-order valence-electron chi connectivity index (χ4n) is 4.12. The molecule has 0 bridgehead atoms. The standard InChI is InChI=1S/C20H36N6O/c1-5-22-19(23-8-10-24-12-13-27-20(3,4)15-24)25-9-6-17(2)18(14-25)26-11-7-21-16-26/h7,11,16-18H,5-6,8-10,12-15H2,1-4H3,(H,22,23).